The van der Waals surface area contributed by atoms with Gasteiger partial charge in [0.1, 0.15) is 0 Å². The van der Waals surface area contributed by atoms with Gasteiger partial charge < -0.3 is 9.47 Å². The predicted molar refractivity (Wildman–Crippen MR) is 139 cm³/mol. The maximum atomic E-state index is 5.84. The minimum absolute atomic E-state index is 0.633. The summed E-state index contributed by atoms with van der Waals surface area (Å²) in [6.07, 6.45) is 37.6. The average molecular weight is 451 g/mol. The summed E-state index contributed by atoms with van der Waals surface area (Å²) >= 11 is 0. The molecule has 0 radical (unpaired) electrons. The molecule has 0 aromatic rings. The molecule has 2 heteroatoms. The highest BCUT2D eigenvalue weighted by molar-refractivity contribution is 4.84. The van der Waals surface area contributed by atoms with Crippen molar-refractivity contribution in [2.24, 2.45) is 0 Å². The third-order valence-corrected chi connectivity index (χ3v) is 7.70. The first kappa shape index (κ1) is 28.2. The Labute approximate surface area is 202 Å². The summed E-state index contributed by atoms with van der Waals surface area (Å²) in [6.45, 7) is 3.33. The van der Waals surface area contributed by atoms with Gasteiger partial charge in [0, 0.05) is 0 Å². The van der Waals surface area contributed by atoms with Gasteiger partial charge in [-0.25, -0.2) is 0 Å². The van der Waals surface area contributed by atoms with Crippen LogP contribution in [0.1, 0.15) is 167 Å². The number of ether oxygens (including phenoxy) is 2. The molecule has 0 aromatic heterocycles. The molecule has 2 aliphatic rings. The van der Waals surface area contributed by atoms with Gasteiger partial charge in [0.15, 0.2) is 0 Å². The van der Waals surface area contributed by atoms with Crippen molar-refractivity contribution >= 4 is 0 Å². The van der Waals surface area contributed by atoms with E-state index >= 15 is 0 Å². The van der Waals surface area contributed by atoms with Crippen LogP contribution >= 0.6 is 0 Å². The summed E-state index contributed by atoms with van der Waals surface area (Å²) in [5.74, 6) is 0. The molecule has 3 unspecified atom stereocenters. The van der Waals surface area contributed by atoms with E-state index in [1.165, 1.54) is 161 Å². The molecule has 0 aliphatic carbocycles. The molecule has 0 bridgehead atoms. The van der Waals surface area contributed by atoms with Crippen LogP contribution in [0.25, 0.3) is 0 Å². The molecule has 32 heavy (non-hydrogen) atoms. The van der Waals surface area contributed by atoms with E-state index in [0.717, 1.165) is 6.61 Å². The van der Waals surface area contributed by atoms with Crippen LogP contribution in [0.5, 0.6) is 0 Å². The summed E-state index contributed by atoms with van der Waals surface area (Å²) in [6, 6.07) is 0. The van der Waals surface area contributed by atoms with Gasteiger partial charge in [0.25, 0.3) is 0 Å². The lowest BCUT2D eigenvalue weighted by molar-refractivity contribution is 0.347. The summed E-state index contributed by atoms with van der Waals surface area (Å²) in [5, 5.41) is 0. The second-order valence-electron chi connectivity index (χ2n) is 11.0. The minimum atomic E-state index is 0.633. The van der Waals surface area contributed by atoms with E-state index in [-0.39, 0.29) is 0 Å². The van der Waals surface area contributed by atoms with Crippen LogP contribution in [0.2, 0.25) is 0 Å². The molecular weight excluding hydrogens is 392 g/mol. The van der Waals surface area contributed by atoms with E-state index in [0.29, 0.717) is 18.3 Å². The standard InChI is InChI=1S/C30H58O2/c1-2-3-4-22-25-29-30(32-29)26-23-20-18-16-14-12-10-8-6-5-7-9-11-13-15-17-19-21-24-28-27-31-28/h28-30H,2-27H2,1H3. The first-order valence-corrected chi connectivity index (χ1v) is 15.2. The lowest BCUT2D eigenvalue weighted by Gasteiger charge is -2.04. The maximum Gasteiger partial charge on any atom is 0.0841 e. The third-order valence-electron chi connectivity index (χ3n) is 7.70. The van der Waals surface area contributed by atoms with Gasteiger partial charge in [0.2, 0.25) is 0 Å². The monoisotopic (exact) mass is 450 g/mol. The molecule has 0 spiro atoms. The Kier molecular flexibility index (Phi) is 17.9. The molecule has 2 nitrogen and oxygen atoms in total. The van der Waals surface area contributed by atoms with Gasteiger partial charge >= 0.3 is 0 Å². The number of hydrogen-bond donors (Lipinski definition) is 0. The molecule has 2 aliphatic heterocycles. The highest BCUT2D eigenvalue weighted by Crippen LogP contribution is 2.31. The van der Waals surface area contributed by atoms with E-state index in [2.05, 4.69) is 6.92 Å². The predicted octanol–water partition coefficient (Wildman–Crippen LogP) is 9.92. The highest BCUT2D eigenvalue weighted by Gasteiger charge is 2.36. The van der Waals surface area contributed by atoms with Crippen molar-refractivity contribution in [3.05, 3.63) is 0 Å². The van der Waals surface area contributed by atoms with Crippen molar-refractivity contribution in [3.63, 3.8) is 0 Å². The Morgan fingerprint density at radius 1 is 0.438 bits per heavy atom. The molecule has 3 atom stereocenters. The molecule has 190 valence electrons. The second kappa shape index (κ2) is 20.3. The van der Waals surface area contributed by atoms with Crippen LogP contribution in [-0.2, 0) is 9.47 Å². The zero-order valence-electron chi connectivity index (χ0n) is 21.9. The van der Waals surface area contributed by atoms with E-state index < -0.39 is 0 Å². The van der Waals surface area contributed by atoms with Gasteiger partial charge in [-0.1, -0.05) is 148 Å². The van der Waals surface area contributed by atoms with Gasteiger partial charge in [-0.3, -0.25) is 0 Å². The Morgan fingerprint density at radius 3 is 1.09 bits per heavy atom. The highest BCUT2D eigenvalue weighted by atomic mass is 16.6. The van der Waals surface area contributed by atoms with Crippen molar-refractivity contribution in [2.75, 3.05) is 6.61 Å². The van der Waals surface area contributed by atoms with E-state index in [1.54, 1.807) is 0 Å². The normalized spacial score (nSPS) is 21.8. The fraction of sp³-hybridized carbons (Fsp3) is 1.00. The van der Waals surface area contributed by atoms with Gasteiger partial charge in [-0.15, -0.1) is 0 Å². The molecule has 0 N–H and O–H groups in total. The largest absolute Gasteiger partial charge is 0.373 e. The van der Waals surface area contributed by atoms with Gasteiger partial charge in [-0.05, 0) is 19.3 Å². The number of rotatable bonds is 26. The van der Waals surface area contributed by atoms with E-state index in [9.17, 15) is 0 Å². The lowest BCUT2D eigenvalue weighted by atomic mass is 10.0. The maximum absolute atomic E-state index is 5.84. The van der Waals surface area contributed by atoms with Gasteiger partial charge in [-0.2, -0.15) is 0 Å². The molecule has 2 saturated heterocycles. The van der Waals surface area contributed by atoms with Crippen LogP contribution in [0.3, 0.4) is 0 Å². The van der Waals surface area contributed by atoms with Crippen LogP contribution in [0.15, 0.2) is 0 Å². The Hall–Kier alpha value is -0.0800. The van der Waals surface area contributed by atoms with Crippen molar-refractivity contribution < 1.29 is 9.47 Å². The first-order chi connectivity index (χ1) is 15.9. The Bertz CT molecular complexity index is 392. The number of hydrogen-bond acceptors (Lipinski definition) is 2. The number of epoxide rings is 2. The van der Waals surface area contributed by atoms with Crippen LogP contribution in [0.4, 0.5) is 0 Å². The van der Waals surface area contributed by atoms with E-state index in [4.69, 9.17) is 9.47 Å². The van der Waals surface area contributed by atoms with Gasteiger partial charge in [0.05, 0.1) is 24.9 Å². The van der Waals surface area contributed by atoms with Crippen LogP contribution < -0.4 is 0 Å². The first-order valence-electron chi connectivity index (χ1n) is 15.2. The smallest absolute Gasteiger partial charge is 0.0841 e. The Morgan fingerprint density at radius 2 is 0.750 bits per heavy atom. The molecule has 0 saturated carbocycles. The number of unbranched alkanes of at least 4 members (excludes halogenated alkanes) is 20. The average Bonchev–Trinajstić information content (AvgIpc) is 3.72. The van der Waals surface area contributed by atoms with Crippen molar-refractivity contribution in [1.29, 1.82) is 0 Å². The lowest BCUT2D eigenvalue weighted by Crippen LogP contribution is -1.94. The topological polar surface area (TPSA) is 25.1 Å². The Balaban J connectivity index is 1.15. The van der Waals surface area contributed by atoms with Crippen LogP contribution in [-0.4, -0.2) is 24.9 Å². The SMILES string of the molecule is CCCCCCC1OC1CCCCCCCCCCCCCCCCCCCCC1CO1. The second-order valence-corrected chi connectivity index (χ2v) is 11.0. The zero-order valence-corrected chi connectivity index (χ0v) is 21.9. The summed E-state index contributed by atoms with van der Waals surface area (Å²) in [7, 11) is 0. The quantitative estimate of drug-likeness (QED) is 0.0967. The van der Waals surface area contributed by atoms with E-state index in [1.807, 2.05) is 0 Å². The summed E-state index contributed by atoms with van der Waals surface area (Å²) in [5.41, 5.74) is 0. The minimum Gasteiger partial charge on any atom is -0.373 e. The molecule has 0 amide bonds. The molecule has 2 rings (SSSR count). The molecule has 0 aromatic carbocycles. The molecular formula is C30H58O2. The summed E-state index contributed by atoms with van der Waals surface area (Å²) < 4.78 is 11.1. The summed E-state index contributed by atoms with van der Waals surface area (Å²) in [4.78, 5) is 0. The zero-order chi connectivity index (χ0) is 22.5. The van der Waals surface area contributed by atoms with Crippen molar-refractivity contribution in [2.45, 2.75) is 186 Å². The fourth-order valence-electron chi connectivity index (χ4n) is 5.24. The fourth-order valence-corrected chi connectivity index (χ4v) is 5.24. The van der Waals surface area contributed by atoms with Crippen LogP contribution in [0, 0.1) is 0 Å². The molecule has 2 fully saturated rings. The van der Waals surface area contributed by atoms with Crippen molar-refractivity contribution in [1.82, 2.24) is 0 Å². The third kappa shape index (κ3) is 17.4. The van der Waals surface area contributed by atoms with Crippen molar-refractivity contribution in [3.8, 4) is 0 Å². The molecule has 2 heterocycles.